The van der Waals surface area contributed by atoms with E-state index in [1.165, 1.54) is 12.8 Å². The summed E-state index contributed by atoms with van der Waals surface area (Å²) in [6.45, 7) is 6.36. The Morgan fingerprint density at radius 3 is 2.53 bits per heavy atom. The molecule has 1 N–H and O–H groups in total. The number of hydrogen-bond acceptors (Lipinski definition) is 3. The molecule has 4 heteroatoms. The van der Waals surface area contributed by atoms with Crippen LogP contribution in [0, 0.1) is 11.8 Å². The first-order valence-electron chi connectivity index (χ1n) is 7.73. The highest BCUT2D eigenvalue weighted by Gasteiger charge is 2.33. The first-order valence-corrected chi connectivity index (χ1v) is 7.73. The molecule has 0 aromatic heterocycles. The maximum atomic E-state index is 12.3. The van der Waals surface area contributed by atoms with Crippen molar-refractivity contribution in [3.05, 3.63) is 0 Å². The van der Waals surface area contributed by atoms with Crippen molar-refractivity contribution in [3.8, 4) is 0 Å². The highest BCUT2D eigenvalue weighted by Crippen LogP contribution is 2.23. The van der Waals surface area contributed by atoms with E-state index in [9.17, 15) is 4.79 Å². The summed E-state index contributed by atoms with van der Waals surface area (Å²) in [5.74, 6) is 1.72. The molecule has 2 aliphatic heterocycles. The largest absolute Gasteiger partial charge is 0.341 e. The van der Waals surface area contributed by atoms with Crippen LogP contribution in [0.1, 0.15) is 32.6 Å². The van der Waals surface area contributed by atoms with Crippen LogP contribution < -0.4 is 5.32 Å². The van der Waals surface area contributed by atoms with Crippen LogP contribution in [0.5, 0.6) is 0 Å². The molecular formula is C15H29N3O. The topological polar surface area (TPSA) is 35.6 Å². The second-order valence-electron chi connectivity index (χ2n) is 6.54. The number of likely N-dealkylation sites (N-methyl/N-ethyl adjacent to an activating group) is 1. The summed E-state index contributed by atoms with van der Waals surface area (Å²) in [6, 6.07) is 0.530. The van der Waals surface area contributed by atoms with Gasteiger partial charge in [0.25, 0.3) is 0 Å². The Bertz CT molecular complexity index is 300. The fourth-order valence-corrected chi connectivity index (χ4v) is 3.48. The maximum Gasteiger partial charge on any atom is 0.222 e. The maximum absolute atomic E-state index is 12.3. The Labute approximate surface area is 117 Å². The Kier molecular flexibility index (Phi) is 5.22. The minimum absolute atomic E-state index is 0.370. The van der Waals surface area contributed by atoms with Gasteiger partial charge in [-0.25, -0.2) is 0 Å². The summed E-state index contributed by atoms with van der Waals surface area (Å²) in [5, 5.41) is 3.38. The predicted octanol–water partition coefficient (Wildman–Crippen LogP) is 1.17. The van der Waals surface area contributed by atoms with Gasteiger partial charge in [-0.2, -0.15) is 0 Å². The standard InChI is InChI=1S/C15H29N3O/c1-12-10-18(11-14(12)17(2)3)15(19)5-4-13-6-8-16-9-7-13/h12-14,16H,4-11H2,1-3H3. The molecule has 2 heterocycles. The van der Waals surface area contributed by atoms with Crippen molar-refractivity contribution in [2.75, 3.05) is 40.3 Å². The lowest BCUT2D eigenvalue weighted by molar-refractivity contribution is -0.130. The number of carbonyl (C=O) groups is 1. The first kappa shape index (κ1) is 14.8. The van der Waals surface area contributed by atoms with Crippen molar-refractivity contribution in [1.29, 1.82) is 0 Å². The third-order valence-electron chi connectivity index (χ3n) is 4.81. The van der Waals surface area contributed by atoms with Crippen LogP contribution in [-0.2, 0) is 4.79 Å². The average Bonchev–Trinajstić information content (AvgIpc) is 2.79. The SMILES string of the molecule is CC1CN(C(=O)CCC2CCNCC2)CC1N(C)C. The van der Waals surface area contributed by atoms with Gasteiger partial charge in [0.05, 0.1) is 0 Å². The van der Waals surface area contributed by atoms with Gasteiger partial charge in [-0.15, -0.1) is 0 Å². The van der Waals surface area contributed by atoms with E-state index < -0.39 is 0 Å². The van der Waals surface area contributed by atoms with Crippen molar-refractivity contribution < 1.29 is 4.79 Å². The molecule has 0 saturated carbocycles. The minimum Gasteiger partial charge on any atom is -0.341 e. The second kappa shape index (κ2) is 6.71. The fourth-order valence-electron chi connectivity index (χ4n) is 3.48. The van der Waals surface area contributed by atoms with Crippen LogP contribution in [0.3, 0.4) is 0 Å². The smallest absolute Gasteiger partial charge is 0.222 e. The van der Waals surface area contributed by atoms with Gasteiger partial charge in [-0.3, -0.25) is 4.79 Å². The molecule has 110 valence electrons. The van der Waals surface area contributed by atoms with Crippen LogP contribution in [-0.4, -0.2) is 62.0 Å². The zero-order valence-electron chi connectivity index (χ0n) is 12.7. The van der Waals surface area contributed by atoms with E-state index >= 15 is 0 Å². The normalized spacial score (nSPS) is 29.2. The second-order valence-corrected chi connectivity index (χ2v) is 6.54. The van der Waals surface area contributed by atoms with E-state index in [1.54, 1.807) is 0 Å². The molecule has 2 fully saturated rings. The summed E-state index contributed by atoms with van der Waals surface area (Å²) in [5.41, 5.74) is 0. The Hall–Kier alpha value is -0.610. The molecule has 2 saturated heterocycles. The zero-order chi connectivity index (χ0) is 13.8. The van der Waals surface area contributed by atoms with Crippen molar-refractivity contribution in [2.45, 2.75) is 38.6 Å². The number of likely N-dealkylation sites (tertiary alicyclic amines) is 1. The number of hydrogen-bond donors (Lipinski definition) is 1. The van der Waals surface area contributed by atoms with Crippen molar-refractivity contribution in [2.24, 2.45) is 11.8 Å². The van der Waals surface area contributed by atoms with E-state index in [1.807, 2.05) is 0 Å². The molecule has 0 aromatic rings. The third kappa shape index (κ3) is 3.93. The van der Waals surface area contributed by atoms with Crippen molar-refractivity contribution in [3.63, 3.8) is 0 Å². The van der Waals surface area contributed by atoms with Gasteiger partial charge in [0, 0.05) is 25.6 Å². The van der Waals surface area contributed by atoms with E-state index in [4.69, 9.17) is 0 Å². The Morgan fingerprint density at radius 1 is 1.26 bits per heavy atom. The van der Waals surface area contributed by atoms with Crippen LogP contribution in [0.15, 0.2) is 0 Å². The van der Waals surface area contributed by atoms with Gasteiger partial charge in [-0.1, -0.05) is 6.92 Å². The molecule has 0 spiro atoms. The number of amides is 1. The summed E-state index contributed by atoms with van der Waals surface area (Å²) >= 11 is 0. The van der Waals surface area contributed by atoms with E-state index in [-0.39, 0.29) is 0 Å². The number of nitrogens with zero attached hydrogens (tertiary/aromatic N) is 2. The number of nitrogens with one attached hydrogen (secondary N) is 1. The van der Waals surface area contributed by atoms with E-state index in [0.29, 0.717) is 17.9 Å². The lowest BCUT2D eigenvalue weighted by atomic mass is 9.93. The highest BCUT2D eigenvalue weighted by molar-refractivity contribution is 5.76. The van der Waals surface area contributed by atoms with Gasteiger partial charge in [0.15, 0.2) is 0 Å². The quantitative estimate of drug-likeness (QED) is 0.831. The number of piperidine rings is 1. The lowest BCUT2D eigenvalue weighted by Gasteiger charge is -2.24. The Morgan fingerprint density at radius 2 is 1.95 bits per heavy atom. The minimum atomic E-state index is 0.370. The summed E-state index contributed by atoms with van der Waals surface area (Å²) < 4.78 is 0. The van der Waals surface area contributed by atoms with Gasteiger partial charge in [-0.05, 0) is 58.3 Å². The predicted molar refractivity (Wildman–Crippen MR) is 78.0 cm³/mol. The van der Waals surface area contributed by atoms with Gasteiger partial charge in [0.2, 0.25) is 5.91 Å². The van der Waals surface area contributed by atoms with Gasteiger partial charge < -0.3 is 15.1 Å². The highest BCUT2D eigenvalue weighted by atomic mass is 16.2. The van der Waals surface area contributed by atoms with E-state index in [2.05, 4.69) is 36.1 Å². The molecule has 0 aromatic carbocycles. The van der Waals surface area contributed by atoms with Crippen molar-refractivity contribution >= 4 is 5.91 Å². The first-order chi connectivity index (χ1) is 9.08. The fraction of sp³-hybridized carbons (Fsp3) is 0.933. The molecule has 1 amide bonds. The molecule has 2 atom stereocenters. The molecule has 2 aliphatic rings. The van der Waals surface area contributed by atoms with E-state index in [0.717, 1.165) is 44.9 Å². The molecule has 4 nitrogen and oxygen atoms in total. The van der Waals surface area contributed by atoms with Crippen LogP contribution in [0.2, 0.25) is 0 Å². The lowest BCUT2D eigenvalue weighted by Crippen LogP contribution is -2.36. The Balaban J connectivity index is 1.74. The van der Waals surface area contributed by atoms with Crippen LogP contribution >= 0.6 is 0 Å². The third-order valence-corrected chi connectivity index (χ3v) is 4.81. The van der Waals surface area contributed by atoms with Gasteiger partial charge >= 0.3 is 0 Å². The molecule has 2 rings (SSSR count). The zero-order valence-corrected chi connectivity index (χ0v) is 12.7. The summed E-state index contributed by atoms with van der Waals surface area (Å²) in [6.07, 6.45) is 4.31. The average molecular weight is 267 g/mol. The molecule has 19 heavy (non-hydrogen) atoms. The summed E-state index contributed by atoms with van der Waals surface area (Å²) in [4.78, 5) is 16.6. The monoisotopic (exact) mass is 267 g/mol. The molecule has 0 bridgehead atoms. The molecule has 0 aliphatic carbocycles. The molecular weight excluding hydrogens is 238 g/mol. The van der Waals surface area contributed by atoms with Crippen LogP contribution in [0.25, 0.3) is 0 Å². The summed E-state index contributed by atoms with van der Waals surface area (Å²) in [7, 11) is 4.23. The van der Waals surface area contributed by atoms with Gasteiger partial charge in [0.1, 0.15) is 0 Å². The molecule has 0 radical (unpaired) electrons. The molecule has 2 unspecified atom stereocenters. The number of carbonyl (C=O) groups excluding carboxylic acids is 1. The van der Waals surface area contributed by atoms with Crippen LogP contribution in [0.4, 0.5) is 0 Å². The number of rotatable bonds is 4. The van der Waals surface area contributed by atoms with Crippen molar-refractivity contribution in [1.82, 2.24) is 15.1 Å².